The minimum atomic E-state index is -0.814. The Kier molecular flexibility index (Phi) is 4.86. The molecule has 1 aromatic carbocycles. The summed E-state index contributed by atoms with van der Waals surface area (Å²) in [4.78, 5) is 11.7. The lowest BCUT2D eigenvalue weighted by Crippen LogP contribution is -2.36. The highest BCUT2D eigenvalue weighted by Gasteiger charge is 2.21. The van der Waals surface area contributed by atoms with Gasteiger partial charge in [-0.1, -0.05) is 17.7 Å². The number of rotatable bonds is 5. The second-order valence-corrected chi connectivity index (χ2v) is 5.78. The fourth-order valence-electron chi connectivity index (χ4n) is 1.31. The van der Waals surface area contributed by atoms with Crippen LogP contribution in [-0.2, 0) is 4.79 Å². The van der Waals surface area contributed by atoms with Crippen molar-refractivity contribution in [2.75, 3.05) is 0 Å². The lowest BCUT2D eigenvalue weighted by molar-refractivity contribution is -0.138. The van der Waals surface area contributed by atoms with Gasteiger partial charge in [-0.05, 0) is 50.4 Å². The number of halogens is 1. The molecule has 0 unspecified atom stereocenters. The largest absolute Gasteiger partial charge is 0.481 e. The van der Waals surface area contributed by atoms with Crippen molar-refractivity contribution in [3.63, 3.8) is 0 Å². The first kappa shape index (κ1) is 14.4. The zero-order valence-electron chi connectivity index (χ0n) is 10.1. The molecule has 5 heteroatoms. The molecule has 3 nitrogen and oxygen atoms in total. The van der Waals surface area contributed by atoms with Crippen LogP contribution in [0.2, 0.25) is 5.02 Å². The molecule has 0 saturated carbocycles. The maximum absolute atomic E-state index is 10.7. The summed E-state index contributed by atoms with van der Waals surface area (Å²) in [5, 5.41) is 9.49. The van der Waals surface area contributed by atoms with Gasteiger partial charge >= 0.3 is 5.97 Å². The van der Waals surface area contributed by atoms with Crippen LogP contribution >= 0.6 is 23.5 Å². The molecule has 0 aliphatic heterocycles. The highest BCUT2D eigenvalue weighted by Crippen LogP contribution is 2.27. The third kappa shape index (κ3) is 4.58. The van der Waals surface area contributed by atoms with Gasteiger partial charge in [0.05, 0.1) is 6.42 Å². The predicted molar refractivity (Wildman–Crippen MR) is 71.5 cm³/mol. The molecule has 0 amide bonds. The highest BCUT2D eigenvalue weighted by molar-refractivity contribution is 7.97. The molecule has 0 atom stereocenters. The molecule has 0 heterocycles. The number of hydrogen-bond acceptors (Lipinski definition) is 3. The third-order valence-corrected chi connectivity index (χ3v) is 3.97. The summed E-state index contributed by atoms with van der Waals surface area (Å²) in [6.07, 6.45) is 0.0691. The topological polar surface area (TPSA) is 49.3 Å². The molecule has 0 radical (unpaired) electrons. The van der Waals surface area contributed by atoms with E-state index in [0.717, 1.165) is 10.5 Å². The van der Waals surface area contributed by atoms with Gasteiger partial charge in [-0.15, -0.1) is 0 Å². The fraction of sp³-hybridized carbons (Fsp3) is 0.417. The van der Waals surface area contributed by atoms with Gasteiger partial charge in [-0.3, -0.25) is 9.52 Å². The molecule has 0 aromatic heterocycles. The van der Waals surface area contributed by atoms with Crippen molar-refractivity contribution >= 4 is 29.5 Å². The molecular formula is C12H16ClNO2S. The normalized spacial score (nSPS) is 11.5. The molecule has 2 N–H and O–H groups in total. The Morgan fingerprint density at radius 1 is 1.53 bits per heavy atom. The fourth-order valence-corrected chi connectivity index (χ4v) is 2.40. The average Bonchev–Trinajstić information content (AvgIpc) is 2.18. The average molecular weight is 274 g/mol. The number of hydrogen-bond donors (Lipinski definition) is 2. The SMILES string of the molecule is Cc1c(Cl)cccc1SNC(C)(C)CC(=O)O. The maximum Gasteiger partial charge on any atom is 0.305 e. The lowest BCUT2D eigenvalue weighted by atomic mass is 10.0. The van der Waals surface area contributed by atoms with Crippen molar-refractivity contribution in [3.8, 4) is 0 Å². The number of carbonyl (C=O) groups is 1. The Balaban J connectivity index is 2.67. The zero-order valence-corrected chi connectivity index (χ0v) is 11.7. The van der Waals surface area contributed by atoms with Crippen molar-refractivity contribution in [1.82, 2.24) is 4.72 Å². The Morgan fingerprint density at radius 3 is 2.76 bits per heavy atom. The maximum atomic E-state index is 10.7. The van der Waals surface area contributed by atoms with Gasteiger partial charge < -0.3 is 5.11 Å². The van der Waals surface area contributed by atoms with Crippen LogP contribution in [0.15, 0.2) is 23.1 Å². The molecule has 0 aliphatic carbocycles. The highest BCUT2D eigenvalue weighted by atomic mass is 35.5. The van der Waals surface area contributed by atoms with E-state index < -0.39 is 11.5 Å². The molecule has 1 aromatic rings. The van der Waals surface area contributed by atoms with Gasteiger partial charge in [0.15, 0.2) is 0 Å². The van der Waals surface area contributed by atoms with Crippen molar-refractivity contribution in [2.24, 2.45) is 0 Å². The Labute approximate surface area is 111 Å². The van der Waals surface area contributed by atoms with Crippen LogP contribution in [0, 0.1) is 6.92 Å². The Morgan fingerprint density at radius 2 is 2.18 bits per heavy atom. The number of aliphatic carboxylic acids is 1. The van der Waals surface area contributed by atoms with Gasteiger partial charge in [0, 0.05) is 15.5 Å². The number of nitrogens with one attached hydrogen (secondary N) is 1. The van der Waals surface area contributed by atoms with E-state index in [2.05, 4.69) is 4.72 Å². The molecule has 1 rings (SSSR count). The molecule has 0 fully saturated rings. The van der Waals surface area contributed by atoms with Crippen LogP contribution in [0.4, 0.5) is 0 Å². The molecular weight excluding hydrogens is 258 g/mol. The van der Waals surface area contributed by atoms with Crippen LogP contribution in [0.25, 0.3) is 0 Å². The van der Waals surface area contributed by atoms with E-state index in [1.807, 2.05) is 39.0 Å². The molecule has 0 saturated heterocycles. The van der Waals surface area contributed by atoms with E-state index >= 15 is 0 Å². The molecule has 94 valence electrons. The monoisotopic (exact) mass is 273 g/mol. The van der Waals surface area contributed by atoms with Crippen LogP contribution in [0.5, 0.6) is 0 Å². The second kappa shape index (κ2) is 5.76. The number of carboxylic acid groups (broad SMARTS) is 1. The summed E-state index contributed by atoms with van der Waals surface area (Å²) in [6, 6.07) is 5.67. The van der Waals surface area contributed by atoms with Crippen LogP contribution in [0.1, 0.15) is 25.8 Å². The molecule has 0 aliphatic rings. The minimum Gasteiger partial charge on any atom is -0.481 e. The van der Waals surface area contributed by atoms with Crippen molar-refractivity contribution < 1.29 is 9.90 Å². The van der Waals surface area contributed by atoms with Gasteiger partial charge in [-0.2, -0.15) is 0 Å². The van der Waals surface area contributed by atoms with Crippen LogP contribution in [0.3, 0.4) is 0 Å². The first-order chi connectivity index (χ1) is 7.82. The quantitative estimate of drug-likeness (QED) is 0.806. The minimum absolute atomic E-state index is 0.0691. The van der Waals surface area contributed by atoms with Crippen molar-refractivity contribution in [3.05, 3.63) is 28.8 Å². The van der Waals surface area contributed by atoms with Gasteiger partial charge in [0.1, 0.15) is 0 Å². The standard InChI is InChI=1S/C12H16ClNO2S/c1-8-9(13)5-4-6-10(8)17-14-12(2,3)7-11(15)16/h4-6,14H,7H2,1-3H3,(H,15,16). The molecule has 0 bridgehead atoms. The van der Waals surface area contributed by atoms with E-state index in [1.165, 1.54) is 11.9 Å². The number of benzene rings is 1. The van der Waals surface area contributed by atoms with Crippen LogP contribution < -0.4 is 4.72 Å². The first-order valence-corrected chi connectivity index (χ1v) is 6.42. The Bertz CT molecular complexity index is 421. The van der Waals surface area contributed by atoms with Gasteiger partial charge in [0.2, 0.25) is 0 Å². The first-order valence-electron chi connectivity index (χ1n) is 5.23. The van der Waals surface area contributed by atoms with Crippen molar-refractivity contribution in [1.29, 1.82) is 0 Å². The van der Waals surface area contributed by atoms with Gasteiger partial charge in [0.25, 0.3) is 0 Å². The summed E-state index contributed by atoms with van der Waals surface area (Å²) >= 11 is 7.43. The second-order valence-electron chi connectivity index (χ2n) is 4.52. The number of carboxylic acids is 1. The molecule has 0 spiro atoms. The van der Waals surface area contributed by atoms with E-state index in [0.29, 0.717) is 5.02 Å². The third-order valence-electron chi connectivity index (χ3n) is 2.25. The molecule has 17 heavy (non-hydrogen) atoms. The summed E-state index contributed by atoms with van der Waals surface area (Å²) in [5.41, 5.74) is 0.531. The zero-order chi connectivity index (χ0) is 13.1. The van der Waals surface area contributed by atoms with E-state index in [4.69, 9.17) is 16.7 Å². The summed E-state index contributed by atoms with van der Waals surface area (Å²) in [7, 11) is 0. The van der Waals surface area contributed by atoms with Crippen LogP contribution in [-0.4, -0.2) is 16.6 Å². The van der Waals surface area contributed by atoms with E-state index in [1.54, 1.807) is 0 Å². The lowest BCUT2D eigenvalue weighted by Gasteiger charge is -2.23. The smallest absolute Gasteiger partial charge is 0.305 e. The summed E-state index contributed by atoms with van der Waals surface area (Å²) in [5.74, 6) is -0.814. The van der Waals surface area contributed by atoms with E-state index in [9.17, 15) is 4.79 Å². The summed E-state index contributed by atoms with van der Waals surface area (Å²) < 4.78 is 3.15. The predicted octanol–water partition coefficient (Wildman–Crippen LogP) is 3.50. The Hall–Kier alpha value is -0.710. The van der Waals surface area contributed by atoms with Crippen molar-refractivity contribution in [2.45, 2.75) is 37.6 Å². The summed E-state index contributed by atoms with van der Waals surface area (Å²) in [6.45, 7) is 5.65. The van der Waals surface area contributed by atoms with E-state index in [-0.39, 0.29) is 6.42 Å². The van der Waals surface area contributed by atoms with Gasteiger partial charge in [-0.25, -0.2) is 0 Å².